The van der Waals surface area contributed by atoms with Gasteiger partial charge in [-0.3, -0.25) is 14.5 Å². The van der Waals surface area contributed by atoms with Crippen LogP contribution in [0.25, 0.3) is 6.08 Å². The van der Waals surface area contributed by atoms with Gasteiger partial charge in [-0.1, -0.05) is 47.5 Å². The number of rotatable bonds is 9. The number of thioether (sulfide) groups is 1. The number of nitrogens with zero attached hydrogens (tertiary/aromatic N) is 3. The van der Waals surface area contributed by atoms with Crippen molar-refractivity contribution < 1.29 is 23.1 Å². The zero-order valence-corrected chi connectivity index (χ0v) is 23.9. The van der Waals surface area contributed by atoms with Gasteiger partial charge in [0.05, 0.1) is 23.9 Å². The van der Waals surface area contributed by atoms with E-state index in [1.807, 2.05) is 31.2 Å². The fourth-order valence-corrected chi connectivity index (χ4v) is 4.99. The van der Waals surface area contributed by atoms with Crippen LogP contribution >= 0.6 is 23.4 Å². The van der Waals surface area contributed by atoms with Crippen LogP contribution in [0.3, 0.4) is 0 Å². The van der Waals surface area contributed by atoms with E-state index in [0.29, 0.717) is 32.7 Å². The van der Waals surface area contributed by atoms with E-state index in [1.54, 1.807) is 54.6 Å². The van der Waals surface area contributed by atoms with E-state index in [4.69, 9.17) is 20.8 Å². The molecule has 1 N–H and O–H groups in total. The lowest BCUT2D eigenvalue weighted by Crippen LogP contribution is -2.28. The van der Waals surface area contributed by atoms with E-state index >= 15 is 0 Å². The van der Waals surface area contributed by atoms with Crippen molar-refractivity contribution in [3.63, 3.8) is 0 Å². The fraction of sp³-hybridized carbons (Fsp3) is 0.0968. The molecule has 0 radical (unpaired) electrons. The number of halogens is 2. The predicted molar refractivity (Wildman–Crippen MR) is 163 cm³/mol. The van der Waals surface area contributed by atoms with Crippen LogP contribution in [0.15, 0.2) is 105 Å². The summed E-state index contributed by atoms with van der Waals surface area (Å²) in [6.45, 7) is 1.82. The lowest BCUT2D eigenvalue weighted by molar-refractivity contribution is -0.122. The van der Waals surface area contributed by atoms with Crippen LogP contribution < -0.4 is 10.1 Å². The fourth-order valence-electron chi connectivity index (χ4n) is 3.88. The molecule has 11 heteroatoms. The summed E-state index contributed by atoms with van der Waals surface area (Å²) in [6.07, 6.45) is 4.41. The molecule has 4 aromatic rings. The Labute approximate surface area is 250 Å². The van der Waals surface area contributed by atoms with Crippen LogP contribution in [-0.4, -0.2) is 34.7 Å². The molecule has 1 aliphatic rings. The Morgan fingerprint density at radius 3 is 2.67 bits per heavy atom. The maximum atomic E-state index is 14.0. The first-order valence-electron chi connectivity index (χ1n) is 12.7. The third-order valence-corrected chi connectivity index (χ3v) is 7.21. The number of carbonyl (C=O) groups excluding carboxylic acids is 2. The van der Waals surface area contributed by atoms with Crippen molar-refractivity contribution >= 4 is 58.3 Å². The second-order valence-corrected chi connectivity index (χ2v) is 10.6. The summed E-state index contributed by atoms with van der Waals surface area (Å²) < 4.78 is 25.3. The molecule has 0 atom stereocenters. The Morgan fingerprint density at radius 2 is 1.90 bits per heavy atom. The normalized spacial score (nSPS) is 15.2. The van der Waals surface area contributed by atoms with E-state index in [-0.39, 0.29) is 35.7 Å². The molecular weight excluding hydrogens is 579 g/mol. The number of carbonyl (C=O) groups is 2. The van der Waals surface area contributed by atoms with Crippen molar-refractivity contribution in [2.75, 3.05) is 11.9 Å². The number of amides is 2. The van der Waals surface area contributed by atoms with Crippen molar-refractivity contribution in [3.05, 3.63) is 123 Å². The number of ether oxygens (including phenoxy) is 1. The summed E-state index contributed by atoms with van der Waals surface area (Å²) in [5.41, 5.74) is 2.49. The maximum Gasteiger partial charge on any atom is 0.267 e. The minimum Gasteiger partial charge on any atom is -0.483 e. The number of furan rings is 1. The summed E-state index contributed by atoms with van der Waals surface area (Å²) in [5, 5.41) is 11.7. The molecule has 0 unspecified atom stereocenters. The van der Waals surface area contributed by atoms with Gasteiger partial charge in [0, 0.05) is 21.8 Å². The molecule has 212 valence electrons. The highest BCUT2D eigenvalue weighted by Crippen LogP contribution is 2.36. The first-order chi connectivity index (χ1) is 20.4. The van der Waals surface area contributed by atoms with Crippen molar-refractivity contribution in [2.45, 2.75) is 13.5 Å². The highest BCUT2D eigenvalue weighted by Gasteiger charge is 2.34. The molecule has 0 bridgehead atoms. The average molecular weight is 603 g/mol. The van der Waals surface area contributed by atoms with Gasteiger partial charge in [0.15, 0.2) is 11.8 Å². The molecular formula is C31H24ClFN4O4S. The molecule has 42 heavy (non-hydrogen) atoms. The standard InChI is InChI=1S/C31H24ClFN4O4S/c1-20-8-11-24(12-9-20)35-29(38)19-41-27-13-10-23(32)15-22(27)16-28-30(39)37(18-25-6-4-14-40-25)31(42-28)36-34-17-21-5-2-3-7-26(21)33/h2-17H,18-19H2,1H3,(H,35,38)/b28-16-,34-17+,36-31-. The summed E-state index contributed by atoms with van der Waals surface area (Å²) >= 11 is 7.35. The lowest BCUT2D eigenvalue weighted by Gasteiger charge is -2.13. The van der Waals surface area contributed by atoms with E-state index in [2.05, 4.69) is 15.5 Å². The summed E-state index contributed by atoms with van der Waals surface area (Å²) in [5.74, 6) is -0.224. The zero-order valence-electron chi connectivity index (χ0n) is 22.3. The smallest absolute Gasteiger partial charge is 0.267 e. The highest BCUT2D eigenvalue weighted by molar-refractivity contribution is 8.18. The molecule has 3 aromatic carbocycles. The molecule has 0 aliphatic carbocycles. The molecule has 1 saturated heterocycles. The van der Waals surface area contributed by atoms with Gasteiger partial charge in [0.25, 0.3) is 11.8 Å². The van der Waals surface area contributed by atoms with Crippen LogP contribution in [0.5, 0.6) is 5.75 Å². The van der Waals surface area contributed by atoms with E-state index in [0.717, 1.165) is 17.3 Å². The van der Waals surface area contributed by atoms with Crippen molar-refractivity contribution in [2.24, 2.45) is 10.2 Å². The van der Waals surface area contributed by atoms with Gasteiger partial charge >= 0.3 is 0 Å². The first kappa shape index (κ1) is 28.8. The number of benzene rings is 3. The molecule has 1 aliphatic heterocycles. The quantitative estimate of drug-likeness (QED) is 0.128. The van der Waals surface area contributed by atoms with Gasteiger partial charge in [-0.15, -0.1) is 5.10 Å². The van der Waals surface area contributed by atoms with Gasteiger partial charge in [0.1, 0.15) is 17.3 Å². The maximum absolute atomic E-state index is 14.0. The third kappa shape index (κ3) is 7.34. The Balaban J connectivity index is 1.37. The number of hydrogen-bond donors (Lipinski definition) is 1. The monoisotopic (exact) mass is 602 g/mol. The second kappa shape index (κ2) is 13.3. The highest BCUT2D eigenvalue weighted by atomic mass is 35.5. The van der Waals surface area contributed by atoms with Crippen LogP contribution in [0, 0.1) is 12.7 Å². The van der Waals surface area contributed by atoms with Crippen LogP contribution in [0.4, 0.5) is 10.1 Å². The van der Waals surface area contributed by atoms with Gasteiger partial charge in [-0.2, -0.15) is 5.10 Å². The number of nitrogens with one attached hydrogen (secondary N) is 1. The minimum absolute atomic E-state index is 0.113. The van der Waals surface area contributed by atoms with Crippen molar-refractivity contribution in [3.8, 4) is 5.75 Å². The lowest BCUT2D eigenvalue weighted by atomic mass is 10.2. The van der Waals surface area contributed by atoms with Crippen molar-refractivity contribution in [1.29, 1.82) is 0 Å². The second-order valence-electron chi connectivity index (χ2n) is 9.11. The Hall–Kier alpha value is -4.67. The molecule has 1 aromatic heterocycles. The largest absolute Gasteiger partial charge is 0.483 e. The predicted octanol–water partition coefficient (Wildman–Crippen LogP) is 6.90. The molecule has 2 amide bonds. The summed E-state index contributed by atoms with van der Waals surface area (Å²) in [4.78, 5) is 27.7. The van der Waals surface area contributed by atoms with E-state index in [9.17, 15) is 14.0 Å². The van der Waals surface area contributed by atoms with Crippen LogP contribution in [0.2, 0.25) is 5.02 Å². The minimum atomic E-state index is -0.439. The number of aryl methyl sites for hydroxylation is 1. The molecule has 5 rings (SSSR count). The Morgan fingerprint density at radius 1 is 1.10 bits per heavy atom. The summed E-state index contributed by atoms with van der Waals surface area (Å²) in [6, 6.07) is 21.9. The Kier molecular flexibility index (Phi) is 9.15. The van der Waals surface area contributed by atoms with E-state index in [1.165, 1.54) is 23.4 Å². The number of amidine groups is 1. The average Bonchev–Trinajstić information content (AvgIpc) is 3.59. The first-order valence-corrected chi connectivity index (χ1v) is 13.9. The third-order valence-electron chi connectivity index (χ3n) is 5.98. The zero-order chi connectivity index (χ0) is 29.5. The SMILES string of the molecule is Cc1ccc(NC(=O)COc2ccc(Cl)cc2/C=C2\S/C(=N\N=C\c3ccccc3F)N(Cc3ccco3)C2=O)cc1. The van der Waals surface area contributed by atoms with Crippen LogP contribution in [-0.2, 0) is 16.1 Å². The number of anilines is 1. The molecule has 2 heterocycles. The van der Waals surface area contributed by atoms with Gasteiger partial charge in [-0.25, -0.2) is 4.39 Å². The summed E-state index contributed by atoms with van der Waals surface area (Å²) in [7, 11) is 0. The van der Waals surface area contributed by atoms with Gasteiger partial charge < -0.3 is 14.5 Å². The molecule has 0 spiro atoms. The van der Waals surface area contributed by atoms with Crippen LogP contribution in [0.1, 0.15) is 22.5 Å². The van der Waals surface area contributed by atoms with Crippen molar-refractivity contribution in [1.82, 2.24) is 4.90 Å². The molecule has 1 fully saturated rings. The molecule has 0 saturated carbocycles. The number of hydrogen-bond acceptors (Lipinski definition) is 7. The topological polar surface area (TPSA) is 96.5 Å². The van der Waals surface area contributed by atoms with Gasteiger partial charge in [-0.05, 0) is 73.3 Å². The van der Waals surface area contributed by atoms with E-state index < -0.39 is 5.82 Å². The molecule has 8 nitrogen and oxygen atoms in total. The Bertz CT molecular complexity index is 1690. The van der Waals surface area contributed by atoms with Gasteiger partial charge in [0.2, 0.25) is 0 Å².